The predicted octanol–water partition coefficient (Wildman–Crippen LogP) is 2.17. The molecule has 0 aliphatic carbocycles. The van der Waals surface area contributed by atoms with E-state index in [1.54, 1.807) is 0 Å². The number of benzene rings is 2. The van der Waals surface area contributed by atoms with Gasteiger partial charge in [0.15, 0.2) is 5.60 Å². The van der Waals surface area contributed by atoms with E-state index in [2.05, 4.69) is 41.3 Å². The van der Waals surface area contributed by atoms with E-state index >= 15 is 0 Å². The van der Waals surface area contributed by atoms with Crippen molar-refractivity contribution < 1.29 is 9.90 Å². The summed E-state index contributed by atoms with van der Waals surface area (Å²) >= 11 is 0. The van der Waals surface area contributed by atoms with Crippen molar-refractivity contribution in [1.29, 1.82) is 0 Å². The van der Waals surface area contributed by atoms with Crippen molar-refractivity contribution in [3.05, 3.63) is 60.2 Å². The van der Waals surface area contributed by atoms with E-state index in [4.69, 9.17) is 5.73 Å². The fraction of sp³-hybridized carbons (Fsp3) is 0.316. The third-order valence-electron chi connectivity index (χ3n) is 4.48. The summed E-state index contributed by atoms with van der Waals surface area (Å²) in [6.45, 7) is 1.89. The first-order valence-electron chi connectivity index (χ1n) is 7.96. The molecular weight excluding hydrogens is 288 g/mol. The second-order valence-corrected chi connectivity index (χ2v) is 6.27. The number of nitrogens with zero attached hydrogens (tertiary/aromatic N) is 1. The number of hydrogen-bond acceptors (Lipinski definition) is 3. The Morgan fingerprint density at radius 3 is 2.39 bits per heavy atom. The molecule has 1 aliphatic rings. The standard InChI is InChI=1S/C19H22N2O2/c20-18(22)19(23)11-4-12-21(14-19)13-15-7-9-17(10-8-15)16-5-2-1-3-6-16/h1-3,5-10,23H,4,11-14H2,(H2,20,22)/t19-/m1/s1. The minimum Gasteiger partial charge on any atom is -0.379 e. The number of likely N-dealkylation sites (tertiary alicyclic amines) is 1. The molecule has 0 aromatic heterocycles. The molecule has 0 saturated carbocycles. The Bertz CT molecular complexity index is 670. The molecule has 2 aromatic rings. The van der Waals surface area contributed by atoms with E-state index in [9.17, 15) is 9.90 Å². The van der Waals surface area contributed by atoms with Crippen LogP contribution in [-0.4, -0.2) is 34.6 Å². The van der Waals surface area contributed by atoms with Gasteiger partial charge in [-0.05, 0) is 36.1 Å². The molecular formula is C19H22N2O2. The number of nitrogens with two attached hydrogens (primary N) is 1. The zero-order chi connectivity index (χ0) is 16.3. The lowest BCUT2D eigenvalue weighted by molar-refractivity contribution is -0.142. The molecule has 1 atom stereocenters. The molecule has 0 radical (unpaired) electrons. The first-order valence-corrected chi connectivity index (χ1v) is 7.96. The summed E-state index contributed by atoms with van der Waals surface area (Å²) in [5, 5.41) is 10.3. The number of carbonyl (C=O) groups is 1. The lowest BCUT2D eigenvalue weighted by Crippen LogP contribution is -2.55. The number of carbonyl (C=O) groups excluding carboxylic acids is 1. The van der Waals surface area contributed by atoms with Crippen LogP contribution in [0, 0.1) is 0 Å². The first kappa shape index (κ1) is 15.7. The SMILES string of the molecule is NC(=O)[C@@]1(O)CCCN(Cc2ccc(-c3ccccc3)cc2)C1. The fourth-order valence-corrected chi connectivity index (χ4v) is 3.15. The van der Waals surface area contributed by atoms with Crippen LogP contribution in [0.4, 0.5) is 0 Å². The lowest BCUT2D eigenvalue weighted by atomic mass is 9.92. The van der Waals surface area contributed by atoms with Gasteiger partial charge in [0.25, 0.3) is 5.91 Å². The molecule has 0 spiro atoms. The van der Waals surface area contributed by atoms with Crippen LogP contribution in [0.3, 0.4) is 0 Å². The Morgan fingerprint density at radius 2 is 1.74 bits per heavy atom. The van der Waals surface area contributed by atoms with Crippen molar-refractivity contribution in [3.63, 3.8) is 0 Å². The predicted molar refractivity (Wildman–Crippen MR) is 90.5 cm³/mol. The molecule has 2 aromatic carbocycles. The lowest BCUT2D eigenvalue weighted by Gasteiger charge is -2.37. The van der Waals surface area contributed by atoms with Crippen LogP contribution in [-0.2, 0) is 11.3 Å². The Kier molecular flexibility index (Phi) is 4.46. The molecule has 3 rings (SSSR count). The second kappa shape index (κ2) is 6.52. The highest BCUT2D eigenvalue weighted by Gasteiger charge is 2.38. The fourth-order valence-electron chi connectivity index (χ4n) is 3.15. The Labute approximate surface area is 136 Å². The summed E-state index contributed by atoms with van der Waals surface area (Å²) in [4.78, 5) is 13.5. The zero-order valence-corrected chi connectivity index (χ0v) is 13.1. The number of hydrogen-bond donors (Lipinski definition) is 2. The van der Waals surface area contributed by atoms with Gasteiger partial charge in [-0.3, -0.25) is 9.69 Å². The molecule has 1 aliphatic heterocycles. The molecule has 1 fully saturated rings. The van der Waals surface area contributed by atoms with Gasteiger partial charge in [-0.15, -0.1) is 0 Å². The van der Waals surface area contributed by atoms with Crippen molar-refractivity contribution in [2.45, 2.75) is 25.0 Å². The van der Waals surface area contributed by atoms with Crippen LogP contribution in [0.2, 0.25) is 0 Å². The molecule has 4 nitrogen and oxygen atoms in total. The van der Waals surface area contributed by atoms with Crippen molar-refractivity contribution >= 4 is 5.91 Å². The monoisotopic (exact) mass is 310 g/mol. The molecule has 1 amide bonds. The topological polar surface area (TPSA) is 66.6 Å². The highest BCUT2D eigenvalue weighted by Crippen LogP contribution is 2.24. The van der Waals surface area contributed by atoms with E-state index in [-0.39, 0.29) is 0 Å². The maximum atomic E-state index is 11.4. The smallest absolute Gasteiger partial charge is 0.250 e. The number of primary amides is 1. The van der Waals surface area contributed by atoms with Crippen LogP contribution in [0.25, 0.3) is 11.1 Å². The Morgan fingerprint density at radius 1 is 1.09 bits per heavy atom. The van der Waals surface area contributed by atoms with Gasteiger partial charge in [-0.25, -0.2) is 0 Å². The quantitative estimate of drug-likeness (QED) is 0.909. The van der Waals surface area contributed by atoms with Gasteiger partial charge in [0, 0.05) is 13.1 Å². The molecule has 120 valence electrons. The third kappa shape index (κ3) is 3.60. The molecule has 3 N–H and O–H groups in total. The summed E-state index contributed by atoms with van der Waals surface area (Å²) in [5.41, 5.74) is 7.48. The van der Waals surface area contributed by atoms with Crippen LogP contribution >= 0.6 is 0 Å². The minimum absolute atomic E-state index is 0.308. The minimum atomic E-state index is -1.39. The molecule has 0 bridgehead atoms. The van der Waals surface area contributed by atoms with Crippen LogP contribution < -0.4 is 5.73 Å². The maximum Gasteiger partial charge on any atom is 0.250 e. The first-order chi connectivity index (χ1) is 11.1. The average molecular weight is 310 g/mol. The third-order valence-corrected chi connectivity index (χ3v) is 4.48. The zero-order valence-electron chi connectivity index (χ0n) is 13.1. The summed E-state index contributed by atoms with van der Waals surface area (Å²) in [5.74, 6) is -0.623. The summed E-state index contributed by atoms with van der Waals surface area (Å²) in [6.07, 6.45) is 1.23. The average Bonchev–Trinajstić information content (AvgIpc) is 2.56. The van der Waals surface area contributed by atoms with Crippen LogP contribution in [0.15, 0.2) is 54.6 Å². The Balaban J connectivity index is 1.68. The summed E-state index contributed by atoms with van der Waals surface area (Å²) in [7, 11) is 0. The molecule has 0 unspecified atom stereocenters. The van der Waals surface area contributed by atoms with Gasteiger partial charge in [0.05, 0.1) is 0 Å². The molecule has 1 saturated heterocycles. The molecule has 4 heteroatoms. The van der Waals surface area contributed by atoms with Crippen molar-refractivity contribution in [1.82, 2.24) is 4.90 Å². The van der Waals surface area contributed by atoms with Crippen LogP contribution in [0.1, 0.15) is 18.4 Å². The van der Waals surface area contributed by atoms with Crippen LogP contribution in [0.5, 0.6) is 0 Å². The van der Waals surface area contributed by atoms with E-state index in [0.717, 1.165) is 13.0 Å². The normalized spacial score (nSPS) is 22.0. The van der Waals surface area contributed by atoms with Gasteiger partial charge in [-0.1, -0.05) is 54.6 Å². The van der Waals surface area contributed by atoms with Crippen molar-refractivity contribution in [3.8, 4) is 11.1 Å². The highest BCUT2D eigenvalue weighted by molar-refractivity contribution is 5.83. The number of aliphatic hydroxyl groups is 1. The van der Waals surface area contributed by atoms with Gasteiger partial charge in [-0.2, -0.15) is 0 Å². The number of amides is 1. The summed E-state index contributed by atoms with van der Waals surface area (Å²) < 4.78 is 0. The maximum absolute atomic E-state index is 11.4. The highest BCUT2D eigenvalue weighted by atomic mass is 16.3. The number of rotatable bonds is 4. The Hall–Kier alpha value is -2.17. The molecule has 1 heterocycles. The van der Waals surface area contributed by atoms with Gasteiger partial charge in [0.2, 0.25) is 0 Å². The largest absolute Gasteiger partial charge is 0.379 e. The molecule has 23 heavy (non-hydrogen) atoms. The second-order valence-electron chi connectivity index (χ2n) is 6.27. The van der Waals surface area contributed by atoms with Gasteiger partial charge < -0.3 is 10.8 Å². The van der Waals surface area contributed by atoms with Crippen molar-refractivity contribution in [2.24, 2.45) is 5.73 Å². The number of piperidine rings is 1. The van der Waals surface area contributed by atoms with E-state index < -0.39 is 11.5 Å². The van der Waals surface area contributed by atoms with Crippen molar-refractivity contribution in [2.75, 3.05) is 13.1 Å². The summed E-state index contributed by atoms with van der Waals surface area (Å²) in [6, 6.07) is 18.7. The van der Waals surface area contributed by atoms with E-state index in [1.807, 2.05) is 18.2 Å². The number of β-amino-alcohol motifs (C(OH)–C–C–N with tert-alkyl or cyclic N) is 1. The van der Waals surface area contributed by atoms with E-state index in [0.29, 0.717) is 19.5 Å². The van der Waals surface area contributed by atoms with Gasteiger partial charge >= 0.3 is 0 Å². The van der Waals surface area contributed by atoms with E-state index in [1.165, 1.54) is 16.7 Å². The van der Waals surface area contributed by atoms with Gasteiger partial charge in [0.1, 0.15) is 0 Å².